The van der Waals surface area contributed by atoms with Gasteiger partial charge in [-0.15, -0.1) is 0 Å². The largest absolute Gasteiger partial charge is 0.368 e. The highest BCUT2D eigenvalue weighted by Gasteiger charge is 2.23. The lowest BCUT2D eigenvalue weighted by Crippen LogP contribution is -2.49. The number of rotatable bonds is 3. The van der Waals surface area contributed by atoms with E-state index in [0.29, 0.717) is 10.9 Å². The average molecular weight is 268 g/mol. The number of sulfone groups is 1. The number of nitrogens with one attached hydrogen (secondary N) is 1. The lowest BCUT2D eigenvalue weighted by molar-refractivity contribution is 0.483. The molecule has 0 aromatic heterocycles. The van der Waals surface area contributed by atoms with Crippen molar-refractivity contribution >= 4 is 15.5 Å². The zero-order chi connectivity index (χ0) is 13.2. The molecule has 1 fully saturated rings. The van der Waals surface area contributed by atoms with Crippen LogP contribution in [0, 0.1) is 0 Å². The van der Waals surface area contributed by atoms with Gasteiger partial charge in [0.05, 0.1) is 16.3 Å². The Labute approximate surface area is 109 Å². The summed E-state index contributed by atoms with van der Waals surface area (Å²) in [6, 6.07) is 7.69. The van der Waals surface area contributed by atoms with E-state index < -0.39 is 9.84 Å². The van der Waals surface area contributed by atoms with E-state index in [9.17, 15) is 8.42 Å². The van der Waals surface area contributed by atoms with Gasteiger partial charge in [0.2, 0.25) is 0 Å². The van der Waals surface area contributed by atoms with Crippen LogP contribution >= 0.6 is 0 Å². The summed E-state index contributed by atoms with van der Waals surface area (Å²) < 4.78 is 24.2. The Bertz CT molecular complexity index is 513. The molecule has 1 saturated heterocycles. The smallest absolute Gasteiger partial charge is 0.180 e. The fourth-order valence-electron chi connectivity index (χ4n) is 2.29. The molecule has 1 aromatic rings. The molecule has 0 bridgehead atoms. The Morgan fingerprint density at radius 1 is 1.39 bits per heavy atom. The molecule has 1 atom stereocenters. The van der Waals surface area contributed by atoms with Crippen molar-refractivity contribution in [1.29, 1.82) is 0 Å². The van der Waals surface area contributed by atoms with E-state index in [1.54, 1.807) is 19.1 Å². The second-order valence-electron chi connectivity index (χ2n) is 4.67. The number of nitrogens with zero attached hydrogens (tertiary/aromatic N) is 1. The highest BCUT2D eigenvalue weighted by atomic mass is 32.2. The molecule has 1 heterocycles. The van der Waals surface area contributed by atoms with E-state index in [1.807, 2.05) is 12.1 Å². The van der Waals surface area contributed by atoms with Gasteiger partial charge in [-0.05, 0) is 19.1 Å². The molecule has 0 amide bonds. The molecule has 100 valence electrons. The number of hydrogen-bond acceptors (Lipinski definition) is 4. The highest BCUT2D eigenvalue weighted by Crippen LogP contribution is 2.26. The lowest BCUT2D eigenvalue weighted by atomic mass is 10.2. The molecule has 0 unspecified atom stereocenters. The molecule has 1 aliphatic rings. The first-order chi connectivity index (χ1) is 8.54. The van der Waals surface area contributed by atoms with Crippen LogP contribution in [0.2, 0.25) is 0 Å². The van der Waals surface area contributed by atoms with Crippen LogP contribution in [0.4, 0.5) is 5.69 Å². The molecule has 0 saturated carbocycles. The van der Waals surface area contributed by atoms with Crippen LogP contribution in [-0.2, 0) is 9.84 Å². The van der Waals surface area contributed by atoms with Gasteiger partial charge in [-0.3, -0.25) is 0 Å². The third-order valence-electron chi connectivity index (χ3n) is 3.29. The monoisotopic (exact) mass is 268 g/mol. The van der Waals surface area contributed by atoms with Crippen molar-refractivity contribution in [1.82, 2.24) is 5.32 Å². The van der Waals surface area contributed by atoms with Crippen LogP contribution in [0.1, 0.15) is 13.8 Å². The molecule has 4 nitrogen and oxygen atoms in total. The van der Waals surface area contributed by atoms with Gasteiger partial charge in [-0.25, -0.2) is 8.42 Å². The van der Waals surface area contributed by atoms with Crippen molar-refractivity contribution in [3.8, 4) is 0 Å². The molecule has 18 heavy (non-hydrogen) atoms. The van der Waals surface area contributed by atoms with Crippen LogP contribution < -0.4 is 10.2 Å². The highest BCUT2D eigenvalue weighted by molar-refractivity contribution is 7.91. The summed E-state index contributed by atoms with van der Waals surface area (Å²) >= 11 is 0. The first kappa shape index (κ1) is 13.4. The van der Waals surface area contributed by atoms with Gasteiger partial charge in [-0.2, -0.15) is 0 Å². The van der Waals surface area contributed by atoms with Gasteiger partial charge in [0.1, 0.15) is 0 Å². The third kappa shape index (κ3) is 2.67. The zero-order valence-corrected chi connectivity index (χ0v) is 11.7. The number of hydrogen-bond donors (Lipinski definition) is 1. The second kappa shape index (κ2) is 5.28. The summed E-state index contributed by atoms with van der Waals surface area (Å²) in [5.74, 6) is 0.145. The van der Waals surface area contributed by atoms with Crippen molar-refractivity contribution in [2.24, 2.45) is 0 Å². The molecule has 1 N–H and O–H groups in total. The maximum absolute atomic E-state index is 12.1. The predicted octanol–water partition coefficient (Wildman–Crippen LogP) is 1.28. The Balaban J connectivity index is 2.39. The van der Waals surface area contributed by atoms with E-state index >= 15 is 0 Å². The minimum absolute atomic E-state index is 0.145. The van der Waals surface area contributed by atoms with E-state index in [1.165, 1.54) is 0 Å². The molecule has 0 radical (unpaired) electrons. The predicted molar refractivity (Wildman–Crippen MR) is 73.8 cm³/mol. The first-order valence-electron chi connectivity index (χ1n) is 6.34. The summed E-state index contributed by atoms with van der Waals surface area (Å²) in [5, 5.41) is 3.36. The Kier molecular flexibility index (Phi) is 3.92. The van der Waals surface area contributed by atoms with Crippen LogP contribution in [0.25, 0.3) is 0 Å². The minimum Gasteiger partial charge on any atom is -0.368 e. The molecular formula is C13H20N2O2S. The van der Waals surface area contributed by atoms with Crippen LogP contribution in [0.5, 0.6) is 0 Å². The third-order valence-corrected chi connectivity index (χ3v) is 5.07. The van der Waals surface area contributed by atoms with Crippen LogP contribution in [0.15, 0.2) is 29.2 Å². The van der Waals surface area contributed by atoms with Crippen LogP contribution in [-0.4, -0.2) is 39.8 Å². The van der Waals surface area contributed by atoms with Gasteiger partial charge < -0.3 is 10.2 Å². The zero-order valence-electron chi connectivity index (χ0n) is 10.9. The first-order valence-corrected chi connectivity index (χ1v) is 8.00. The maximum atomic E-state index is 12.1. The second-order valence-corrected chi connectivity index (χ2v) is 6.92. The Hall–Kier alpha value is -1.07. The average Bonchev–Trinajstić information content (AvgIpc) is 2.39. The summed E-state index contributed by atoms with van der Waals surface area (Å²) in [6.45, 7) is 6.38. The number of anilines is 1. The van der Waals surface area contributed by atoms with E-state index in [4.69, 9.17) is 0 Å². The van der Waals surface area contributed by atoms with Gasteiger partial charge in [0, 0.05) is 25.7 Å². The molecule has 0 spiro atoms. The Morgan fingerprint density at radius 3 is 2.78 bits per heavy atom. The lowest BCUT2D eigenvalue weighted by Gasteiger charge is -2.34. The SMILES string of the molecule is CCS(=O)(=O)c1ccccc1N1CCN[C@@H](C)C1. The quantitative estimate of drug-likeness (QED) is 0.897. The minimum atomic E-state index is -3.16. The number of piperazine rings is 1. The standard InChI is InChI=1S/C13H20N2O2S/c1-3-18(16,17)13-7-5-4-6-12(13)15-9-8-14-11(2)10-15/h4-7,11,14H,3,8-10H2,1-2H3/t11-/m0/s1. The fraction of sp³-hybridized carbons (Fsp3) is 0.538. The molecule has 5 heteroatoms. The van der Waals surface area contributed by atoms with Crippen molar-refractivity contribution in [3.05, 3.63) is 24.3 Å². The molecule has 1 aromatic carbocycles. The normalized spacial score (nSPS) is 21.0. The summed E-state index contributed by atoms with van der Waals surface area (Å²) in [5.41, 5.74) is 0.840. The molecule has 1 aliphatic heterocycles. The number of benzene rings is 1. The van der Waals surface area contributed by atoms with Gasteiger partial charge in [0.25, 0.3) is 0 Å². The summed E-state index contributed by atoms with van der Waals surface area (Å²) in [4.78, 5) is 2.62. The Morgan fingerprint density at radius 2 is 2.11 bits per heavy atom. The number of para-hydroxylation sites is 1. The van der Waals surface area contributed by atoms with Gasteiger partial charge in [0.15, 0.2) is 9.84 Å². The van der Waals surface area contributed by atoms with E-state index in [0.717, 1.165) is 25.3 Å². The van der Waals surface area contributed by atoms with E-state index in [2.05, 4.69) is 17.1 Å². The van der Waals surface area contributed by atoms with Crippen LogP contribution in [0.3, 0.4) is 0 Å². The van der Waals surface area contributed by atoms with Crippen molar-refractivity contribution in [3.63, 3.8) is 0 Å². The summed E-state index contributed by atoms with van der Waals surface area (Å²) in [7, 11) is -3.16. The molecular weight excluding hydrogens is 248 g/mol. The molecule has 2 rings (SSSR count). The topological polar surface area (TPSA) is 49.4 Å². The maximum Gasteiger partial charge on any atom is 0.180 e. The van der Waals surface area contributed by atoms with Crippen molar-refractivity contribution in [2.45, 2.75) is 24.8 Å². The van der Waals surface area contributed by atoms with E-state index in [-0.39, 0.29) is 5.75 Å². The molecule has 0 aliphatic carbocycles. The fourth-order valence-corrected chi connectivity index (χ4v) is 3.40. The van der Waals surface area contributed by atoms with Gasteiger partial charge >= 0.3 is 0 Å². The van der Waals surface area contributed by atoms with Gasteiger partial charge in [-0.1, -0.05) is 19.1 Å². The van der Waals surface area contributed by atoms with Crippen molar-refractivity contribution in [2.75, 3.05) is 30.3 Å². The van der Waals surface area contributed by atoms with Crippen molar-refractivity contribution < 1.29 is 8.42 Å². The summed E-state index contributed by atoms with van der Waals surface area (Å²) in [6.07, 6.45) is 0.